The van der Waals surface area contributed by atoms with E-state index in [9.17, 15) is 9.59 Å². The van der Waals surface area contributed by atoms with Crippen LogP contribution in [0.5, 0.6) is 5.75 Å². The highest BCUT2D eigenvalue weighted by Crippen LogP contribution is 2.42. The molecule has 2 aliphatic rings. The molecule has 1 aliphatic heterocycles. The van der Waals surface area contributed by atoms with Gasteiger partial charge in [-0.15, -0.1) is 0 Å². The monoisotopic (exact) mass is 450 g/mol. The van der Waals surface area contributed by atoms with Crippen LogP contribution in [0.1, 0.15) is 60.9 Å². The van der Waals surface area contributed by atoms with Crippen molar-refractivity contribution >= 4 is 35.3 Å². The molecule has 1 aliphatic carbocycles. The van der Waals surface area contributed by atoms with Crippen molar-refractivity contribution in [2.24, 2.45) is 0 Å². The van der Waals surface area contributed by atoms with E-state index in [2.05, 4.69) is 5.32 Å². The third-order valence-corrected chi connectivity index (χ3v) is 7.25. The minimum absolute atomic E-state index is 0.0520. The summed E-state index contributed by atoms with van der Waals surface area (Å²) in [6.07, 6.45) is 10.1. The Morgan fingerprint density at radius 1 is 1.06 bits per heavy atom. The molecule has 1 N–H and O–H groups in total. The van der Waals surface area contributed by atoms with Crippen molar-refractivity contribution in [3.8, 4) is 5.75 Å². The predicted molar refractivity (Wildman–Crippen MR) is 130 cm³/mol. The van der Waals surface area contributed by atoms with Crippen LogP contribution in [-0.2, 0) is 4.79 Å². The molecule has 0 bridgehead atoms. The Kier molecular flexibility index (Phi) is 7.20. The Morgan fingerprint density at radius 3 is 2.44 bits per heavy atom. The first-order valence-electron chi connectivity index (χ1n) is 11.3. The molecule has 2 amide bonds. The number of anilines is 1. The van der Waals surface area contributed by atoms with Crippen LogP contribution in [0.25, 0.3) is 6.08 Å². The molecule has 0 atom stereocenters. The number of carbonyl (C=O) groups excluding carboxylic acids is 2. The van der Waals surface area contributed by atoms with E-state index in [-0.39, 0.29) is 17.9 Å². The fourth-order valence-corrected chi connectivity index (χ4v) is 5.35. The smallest absolute Gasteiger partial charge is 0.264 e. The van der Waals surface area contributed by atoms with Crippen LogP contribution in [0.4, 0.5) is 5.69 Å². The summed E-state index contributed by atoms with van der Waals surface area (Å²) in [5.74, 6) is 0.655. The number of benzene rings is 2. The number of nitrogens with one attached hydrogen (secondary N) is 1. The normalized spacial score (nSPS) is 18.6. The largest absolute Gasteiger partial charge is 0.497 e. The highest BCUT2D eigenvalue weighted by molar-refractivity contribution is 8.04. The molecule has 1 saturated carbocycles. The quantitative estimate of drug-likeness (QED) is 0.612. The maximum Gasteiger partial charge on any atom is 0.264 e. The average Bonchev–Trinajstić information content (AvgIpc) is 2.79. The summed E-state index contributed by atoms with van der Waals surface area (Å²) < 4.78 is 5.20. The number of thioether (sulfide) groups is 1. The molecule has 1 heterocycles. The maximum atomic E-state index is 13.0. The van der Waals surface area contributed by atoms with E-state index in [0.29, 0.717) is 10.5 Å². The van der Waals surface area contributed by atoms with Crippen molar-refractivity contribution in [3.63, 3.8) is 0 Å². The highest BCUT2D eigenvalue weighted by Gasteiger charge is 2.27. The van der Waals surface area contributed by atoms with Gasteiger partial charge in [-0.25, -0.2) is 0 Å². The summed E-state index contributed by atoms with van der Waals surface area (Å²) in [7, 11) is 3.39. The molecular formula is C26H30N2O3S. The second-order valence-corrected chi connectivity index (χ2v) is 9.53. The van der Waals surface area contributed by atoms with Crippen molar-refractivity contribution in [3.05, 3.63) is 58.5 Å². The van der Waals surface area contributed by atoms with Gasteiger partial charge >= 0.3 is 0 Å². The molecule has 32 heavy (non-hydrogen) atoms. The van der Waals surface area contributed by atoms with E-state index in [1.54, 1.807) is 19.1 Å². The van der Waals surface area contributed by atoms with Crippen LogP contribution in [0.2, 0.25) is 0 Å². The zero-order valence-corrected chi connectivity index (χ0v) is 19.5. The number of amides is 2. The number of carbonyl (C=O) groups is 2. The van der Waals surface area contributed by atoms with Gasteiger partial charge in [0, 0.05) is 23.5 Å². The fraction of sp³-hybridized carbons (Fsp3) is 0.385. The zero-order chi connectivity index (χ0) is 22.5. The Labute approximate surface area is 194 Å². The lowest BCUT2D eigenvalue weighted by atomic mass is 9.96. The molecule has 6 heteroatoms. The molecule has 168 valence electrons. The molecule has 2 aromatic carbocycles. The minimum atomic E-state index is -0.0732. The number of nitrogens with zero attached hydrogens (tertiary/aromatic N) is 1. The van der Waals surface area contributed by atoms with Crippen LogP contribution >= 0.6 is 11.8 Å². The summed E-state index contributed by atoms with van der Waals surface area (Å²) in [5, 5.41) is 3.22. The Balaban J connectivity index is 1.50. The van der Waals surface area contributed by atoms with Crippen LogP contribution in [-0.4, -0.2) is 32.0 Å². The van der Waals surface area contributed by atoms with E-state index in [0.717, 1.165) is 34.7 Å². The second kappa shape index (κ2) is 10.3. The Hall–Kier alpha value is -2.73. The lowest BCUT2D eigenvalue weighted by Crippen LogP contribution is -2.35. The molecule has 0 saturated heterocycles. The van der Waals surface area contributed by atoms with Crippen molar-refractivity contribution in [1.82, 2.24) is 5.32 Å². The van der Waals surface area contributed by atoms with Gasteiger partial charge in [-0.1, -0.05) is 56.0 Å². The van der Waals surface area contributed by atoms with Gasteiger partial charge in [0.25, 0.3) is 11.8 Å². The summed E-state index contributed by atoms with van der Waals surface area (Å²) in [4.78, 5) is 29.1. The van der Waals surface area contributed by atoms with Gasteiger partial charge in [0.2, 0.25) is 0 Å². The molecule has 2 aromatic rings. The van der Waals surface area contributed by atoms with Crippen LogP contribution in [0.3, 0.4) is 0 Å². The number of rotatable bonds is 4. The van der Waals surface area contributed by atoms with Crippen molar-refractivity contribution in [1.29, 1.82) is 0 Å². The summed E-state index contributed by atoms with van der Waals surface area (Å²) in [6, 6.07) is 13.5. The van der Waals surface area contributed by atoms with Crippen LogP contribution in [0.15, 0.2) is 52.3 Å². The van der Waals surface area contributed by atoms with Gasteiger partial charge in [-0.05, 0) is 54.8 Å². The first kappa shape index (κ1) is 22.5. The predicted octanol–water partition coefficient (Wildman–Crippen LogP) is 5.65. The second-order valence-electron chi connectivity index (χ2n) is 8.45. The molecule has 0 radical (unpaired) electrons. The Bertz CT molecular complexity index is 1010. The van der Waals surface area contributed by atoms with Crippen molar-refractivity contribution in [2.75, 3.05) is 19.1 Å². The third-order valence-electron chi connectivity index (χ3n) is 6.17. The number of hydrogen-bond donors (Lipinski definition) is 1. The molecule has 5 nitrogen and oxygen atoms in total. The third kappa shape index (κ3) is 5.18. The van der Waals surface area contributed by atoms with E-state index in [1.807, 2.05) is 48.5 Å². The summed E-state index contributed by atoms with van der Waals surface area (Å²) >= 11 is 1.44. The zero-order valence-electron chi connectivity index (χ0n) is 18.7. The van der Waals surface area contributed by atoms with E-state index < -0.39 is 0 Å². The van der Waals surface area contributed by atoms with E-state index >= 15 is 0 Å². The molecule has 0 aromatic heterocycles. The number of ether oxygens (including phenoxy) is 1. The number of fused-ring (bicyclic) bond motifs is 1. The van der Waals surface area contributed by atoms with Gasteiger partial charge in [-0.2, -0.15) is 0 Å². The first-order valence-corrected chi connectivity index (χ1v) is 12.1. The van der Waals surface area contributed by atoms with Gasteiger partial charge in [0.05, 0.1) is 17.7 Å². The van der Waals surface area contributed by atoms with Gasteiger partial charge in [-0.3, -0.25) is 9.59 Å². The molecule has 1 fully saturated rings. The van der Waals surface area contributed by atoms with Gasteiger partial charge < -0.3 is 15.0 Å². The SMILES string of the molecule is COc1ccc(/C=C2\Sc3ccc(C(=O)NC4CCCCCCC4)cc3N(C)C2=O)cc1. The highest BCUT2D eigenvalue weighted by atomic mass is 32.2. The van der Waals surface area contributed by atoms with E-state index in [4.69, 9.17) is 4.74 Å². The maximum absolute atomic E-state index is 13.0. The van der Waals surface area contributed by atoms with Crippen molar-refractivity contribution < 1.29 is 14.3 Å². The molecule has 0 spiro atoms. The minimum Gasteiger partial charge on any atom is -0.497 e. The number of methoxy groups -OCH3 is 1. The standard InChI is InChI=1S/C26H30N2O3S/c1-28-22-17-19(25(29)27-20-8-6-4-3-5-7-9-20)12-15-23(22)32-24(26(28)30)16-18-10-13-21(31-2)14-11-18/h10-17,20H,3-9H2,1-2H3,(H,27,29)/b24-16-. The topological polar surface area (TPSA) is 58.6 Å². The van der Waals surface area contributed by atoms with Gasteiger partial charge in [0.1, 0.15) is 5.75 Å². The van der Waals surface area contributed by atoms with Crippen LogP contribution in [0, 0.1) is 0 Å². The van der Waals surface area contributed by atoms with Gasteiger partial charge in [0.15, 0.2) is 0 Å². The fourth-order valence-electron chi connectivity index (χ4n) is 4.26. The summed E-state index contributed by atoms with van der Waals surface area (Å²) in [6.45, 7) is 0. The number of likely N-dealkylation sites (N-methyl/N-ethyl adjacent to an activating group) is 1. The molecule has 0 unspecified atom stereocenters. The Morgan fingerprint density at radius 2 is 1.75 bits per heavy atom. The van der Waals surface area contributed by atoms with Crippen molar-refractivity contribution in [2.45, 2.75) is 55.9 Å². The lowest BCUT2D eigenvalue weighted by molar-refractivity contribution is -0.114. The number of hydrogen-bond acceptors (Lipinski definition) is 4. The van der Waals surface area contributed by atoms with Crippen LogP contribution < -0.4 is 15.0 Å². The first-order chi connectivity index (χ1) is 15.5. The average molecular weight is 451 g/mol. The molecular weight excluding hydrogens is 420 g/mol. The molecule has 4 rings (SSSR count). The van der Waals surface area contributed by atoms with E-state index in [1.165, 1.54) is 43.9 Å². The summed E-state index contributed by atoms with van der Waals surface area (Å²) in [5.41, 5.74) is 2.32. The lowest BCUT2D eigenvalue weighted by Gasteiger charge is -2.27.